The number of fused-ring (bicyclic) bond motifs is 3. The maximum absolute atomic E-state index is 5.05. The third-order valence-corrected chi connectivity index (χ3v) is 5.87. The van der Waals surface area contributed by atoms with Crippen LogP contribution >= 0.6 is 11.3 Å². The van der Waals surface area contributed by atoms with E-state index in [0.717, 1.165) is 22.9 Å². The second-order valence-electron chi connectivity index (χ2n) is 6.42. The summed E-state index contributed by atoms with van der Waals surface area (Å²) in [5, 5.41) is 9.86. The van der Waals surface area contributed by atoms with Crippen molar-refractivity contribution in [2.24, 2.45) is 4.99 Å². The molecule has 0 N–H and O–H groups in total. The molecule has 3 aromatic rings. The predicted octanol–water partition coefficient (Wildman–Crippen LogP) is 4.47. The average molecular weight is 336 g/mol. The summed E-state index contributed by atoms with van der Waals surface area (Å²) in [7, 11) is 0. The zero-order valence-electron chi connectivity index (χ0n) is 14.6. The molecule has 1 aliphatic rings. The molecule has 0 fully saturated rings. The van der Waals surface area contributed by atoms with Crippen LogP contribution in [0.2, 0.25) is 0 Å². The van der Waals surface area contributed by atoms with E-state index in [9.17, 15) is 0 Å². The number of aliphatic imine (C=N–C) groups is 1. The first-order valence-corrected chi connectivity index (χ1v) is 8.96. The van der Waals surface area contributed by atoms with Gasteiger partial charge in [-0.25, -0.2) is 0 Å². The van der Waals surface area contributed by atoms with Crippen molar-refractivity contribution < 1.29 is 0 Å². The van der Waals surface area contributed by atoms with Gasteiger partial charge in [-0.1, -0.05) is 29.8 Å². The van der Waals surface area contributed by atoms with Crippen LogP contribution in [-0.4, -0.2) is 20.5 Å². The van der Waals surface area contributed by atoms with Gasteiger partial charge in [0.05, 0.1) is 5.71 Å². The molecule has 3 heterocycles. The molecule has 5 heteroatoms. The molecule has 4 rings (SSSR count). The van der Waals surface area contributed by atoms with Gasteiger partial charge in [0.25, 0.3) is 0 Å². The summed E-state index contributed by atoms with van der Waals surface area (Å²) in [4.78, 5) is 6.36. The van der Waals surface area contributed by atoms with E-state index in [2.05, 4.69) is 66.7 Å². The molecular formula is C19H20N4S. The van der Waals surface area contributed by atoms with Gasteiger partial charge in [-0.3, -0.25) is 9.56 Å². The molecule has 1 aromatic carbocycles. The van der Waals surface area contributed by atoms with Crippen LogP contribution in [0, 0.1) is 27.7 Å². The molecule has 4 nitrogen and oxygen atoms in total. The van der Waals surface area contributed by atoms with E-state index in [0.29, 0.717) is 0 Å². The monoisotopic (exact) mass is 336 g/mol. The van der Waals surface area contributed by atoms with Crippen molar-refractivity contribution in [2.75, 3.05) is 0 Å². The molecule has 1 atom stereocenters. The molecule has 0 radical (unpaired) electrons. The maximum atomic E-state index is 5.05. The molecule has 24 heavy (non-hydrogen) atoms. The van der Waals surface area contributed by atoms with Crippen LogP contribution in [0.3, 0.4) is 0 Å². The number of thiophene rings is 1. The lowest BCUT2D eigenvalue weighted by molar-refractivity contribution is 0.724. The Morgan fingerprint density at radius 1 is 1.00 bits per heavy atom. The van der Waals surface area contributed by atoms with Crippen molar-refractivity contribution in [1.82, 2.24) is 14.8 Å². The molecule has 0 amide bonds. The summed E-state index contributed by atoms with van der Waals surface area (Å²) in [6.45, 7) is 10.6. The highest BCUT2D eigenvalue weighted by Gasteiger charge is 2.29. The highest BCUT2D eigenvalue weighted by molar-refractivity contribution is 7.15. The Kier molecular flexibility index (Phi) is 3.42. The quantitative estimate of drug-likeness (QED) is 0.658. The number of nitrogens with zero attached hydrogens (tertiary/aromatic N) is 4. The van der Waals surface area contributed by atoms with Crippen LogP contribution in [0.25, 0.3) is 5.00 Å². The number of hydrogen-bond donors (Lipinski definition) is 0. The topological polar surface area (TPSA) is 43.1 Å². The summed E-state index contributed by atoms with van der Waals surface area (Å²) in [6, 6.07) is 8.59. The smallest absolute Gasteiger partial charge is 0.162 e. The van der Waals surface area contributed by atoms with E-state index in [1.165, 1.54) is 26.6 Å². The van der Waals surface area contributed by atoms with Gasteiger partial charge < -0.3 is 0 Å². The van der Waals surface area contributed by atoms with Gasteiger partial charge in [0, 0.05) is 16.0 Å². The molecular weight excluding hydrogens is 316 g/mol. The van der Waals surface area contributed by atoms with Crippen molar-refractivity contribution in [3.8, 4) is 5.00 Å². The fourth-order valence-electron chi connectivity index (χ4n) is 3.19. The van der Waals surface area contributed by atoms with Gasteiger partial charge in [0.15, 0.2) is 5.82 Å². The summed E-state index contributed by atoms with van der Waals surface area (Å²) in [5.41, 5.74) is 5.99. The third kappa shape index (κ3) is 2.15. The van der Waals surface area contributed by atoms with E-state index < -0.39 is 0 Å². The summed E-state index contributed by atoms with van der Waals surface area (Å²) >= 11 is 1.80. The first kappa shape index (κ1) is 15.3. The SMILES string of the molecule is Cc1ccc(C2=NC(C)c3nnc(C)n3-c3sc(C)c(C)c32)cc1. The van der Waals surface area contributed by atoms with Gasteiger partial charge in [0.2, 0.25) is 0 Å². The zero-order valence-corrected chi connectivity index (χ0v) is 15.4. The Labute approximate surface area is 145 Å². The molecule has 122 valence electrons. The molecule has 1 aliphatic heterocycles. The summed E-state index contributed by atoms with van der Waals surface area (Å²) in [5.74, 6) is 1.83. The Morgan fingerprint density at radius 3 is 2.42 bits per heavy atom. The summed E-state index contributed by atoms with van der Waals surface area (Å²) in [6.07, 6.45) is 0. The van der Waals surface area contributed by atoms with Gasteiger partial charge >= 0.3 is 0 Å². The first-order valence-electron chi connectivity index (χ1n) is 8.15. The van der Waals surface area contributed by atoms with Crippen LogP contribution in [0.4, 0.5) is 0 Å². The summed E-state index contributed by atoms with van der Waals surface area (Å²) < 4.78 is 2.18. The normalized spacial score (nSPS) is 16.4. The van der Waals surface area contributed by atoms with Crippen molar-refractivity contribution in [1.29, 1.82) is 0 Å². The van der Waals surface area contributed by atoms with Gasteiger partial charge in [0.1, 0.15) is 16.9 Å². The van der Waals surface area contributed by atoms with Crippen LogP contribution < -0.4 is 0 Å². The predicted molar refractivity (Wildman–Crippen MR) is 98.7 cm³/mol. The highest BCUT2D eigenvalue weighted by Crippen LogP contribution is 2.38. The lowest BCUT2D eigenvalue weighted by Crippen LogP contribution is -2.07. The lowest BCUT2D eigenvalue weighted by atomic mass is 9.99. The third-order valence-electron chi connectivity index (χ3n) is 4.68. The van der Waals surface area contributed by atoms with Gasteiger partial charge in [-0.2, -0.15) is 0 Å². The molecule has 0 spiro atoms. The number of aryl methyl sites for hydroxylation is 3. The zero-order chi connectivity index (χ0) is 17.0. The standard InChI is InChI=1S/C19H20N4S/c1-10-6-8-15(9-7-10)17-16-11(2)13(4)24-19(16)23-14(5)21-22-18(23)12(3)20-17/h6-9,12H,1-5H3. The number of aromatic nitrogens is 3. The Morgan fingerprint density at radius 2 is 1.71 bits per heavy atom. The second-order valence-corrected chi connectivity index (χ2v) is 7.63. The number of hydrogen-bond acceptors (Lipinski definition) is 4. The number of rotatable bonds is 1. The fourth-order valence-corrected chi connectivity index (χ4v) is 4.41. The van der Waals surface area contributed by atoms with E-state index in [1.807, 2.05) is 6.92 Å². The van der Waals surface area contributed by atoms with Crippen molar-refractivity contribution in [3.05, 3.63) is 63.0 Å². The van der Waals surface area contributed by atoms with E-state index in [-0.39, 0.29) is 6.04 Å². The van der Waals surface area contributed by atoms with Crippen LogP contribution in [0.5, 0.6) is 0 Å². The van der Waals surface area contributed by atoms with Crippen LogP contribution in [0.1, 0.15) is 51.7 Å². The molecule has 0 aliphatic carbocycles. The number of benzene rings is 1. The molecule has 0 saturated heterocycles. The molecule has 2 aromatic heterocycles. The highest BCUT2D eigenvalue weighted by atomic mass is 32.1. The maximum Gasteiger partial charge on any atom is 0.162 e. The van der Waals surface area contributed by atoms with Crippen LogP contribution in [0.15, 0.2) is 29.3 Å². The average Bonchev–Trinajstić information content (AvgIpc) is 3.03. The first-order chi connectivity index (χ1) is 11.5. The molecule has 0 bridgehead atoms. The van der Waals surface area contributed by atoms with E-state index >= 15 is 0 Å². The minimum Gasteiger partial charge on any atom is -0.273 e. The van der Waals surface area contributed by atoms with Gasteiger partial charge in [-0.05, 0) is 40.2 Å². The minimum absolute atomic E-state index is 0.0261. The molecule has 0 saturated carbocycles. The minimum atomic E-state index is -0.0261. The fraction of sp³-hybridized carbons (Fsp3) is 0.316. The second kappa shape index (κ2) is 5.38. The lowest BCUT2D eigenvalue weighted by Gasteiger charge is -2.09. The Hall–Kier alpha value is -2.27. The Bertz CT molecular complexity index is 960. The van der Waals surface area contributed by atoms with Crippen molar-refractivity contribution in [2.45, 2.75) is 40.7 Å². The van der Waals surface area contributed by atoms with Crippen LogP contribution in [-0.2, 0) is 0 Å². The van der Waals surface area contributed by atoms with Crippen molar-refractivity contribution in [3.63, 3.8) is 0 Å². The molecule has 1 unspecified atom stereocenters. The largest absolute Gasteiger partial charge is 0.273 e. The van der Waals surface area contributed by atoms with Gasteiger partial charge in [-0.15, -0.1) is 21.5 Å². The van der Waals surface area contributed by atoms with E-state index in [1.54, 1.807) is 11.3 Å². The van der Waals surface area contributed by atoms with Crippen molar-refractivity contribution >= 4 is 17.0 Å². The Balaban J connectivity index is 2.04. The van der Waals surface area contributed by atoms with E-state index in [4.69, 9.17) is 4.99 Å².